The highest BCUT2D eigenvalue weighted by Crippen LogP contribution is 2.19. The predicted molar refractivity (Wildman–Crippen MR) is 162 cm³/mol. The van der Waals surface area contributed by atoms with Gasteiger partial charge >= 0.3 is 5.97 Å². The molecule has 0 radical (unpaired) electrons. The zero-order valence-corrected chi connectivity index (χ0v) is 24.0. The van der Waals surface area contributed by atoms with Gasteiger partial charge < -0.3 is 42.6 Å². The number of rotatable bonds is 16. The first-order chi connectivity index (χ1) is 20.1. The number of benzene rings is 2. The molecule has 0 fully saturated rings. The monoisotopic (exact) mass is 598 g/mol. The van der Waals surface area contributed by atoms with Crippen LogP contribution in [-0.4, -0.2) is 75.4 Å². The summed E-state index contributed by atoms with van der Waals surface area (Å²) in [5.74, 6) is -3.19. The summed E-state index contributed by atoms with van der Waals surface area (Å²) in [5.41, 5.74) is 14.1. The predicted octanol–water partition coefficient (Wildman–Crippen LogP) is 0.584. The van der Waals surface area contributed by atoms with Gasteiger partial charge in [0.25, 0.3) is 0 Å². The van der Waals surface area contributed by atoms with Crippen molar-refractivity contribution in [3.05, 3.63) is 65.9 Å². The van der Waals surface area contributed by atoms with Crippen LogP contribution in [0.1, 0.15) is 30.4 Å². The number of hydrogen-bond acceptors (Lipinski definition) is 8. The van der Waals surface area contributed by atoms with Crippen LogP contribution in [0.4, 0.5) is 0 Å². The lowest BCUT2D eigenvalue weighted by Gasteiger charge is -2.24. The Morgan fingerprint density at radius 3 is 2.17 bits per heavy atom. The molecule has 0 aliphatic carbocycles. The molecule has 2 aromatic carbocycles. The summed E-state index contributed by atoms with van der Waals surface area (Å²) >= 11 is 4.21. The molecule has 0 saturated heterocycles. The number of carboxylic acid groups (broad SMARTS) is 1. The third-order valence-electron chi connectivity index (χ3n) is 6.84. The summed E-state index contributed by atoms with van der Waals surface area (Å²) in [6, 6.07) is 9.18. The smallest absolute Gasteiger partial charge is 0.326 e. The Bertz CT molecular complexity index is 1360. The second-order valence-electron chi connectivity index (χ2n) is 10.0. The molecule has 3 amide bonds. The van der Waals surface area contributed by atoms with E-state index >= 15 is 0 Å². The second kappa shape index (κ2) is 15.8. The molecular formula is C29H38N6O6S. The molecule has 226 valence electrons. The number of aromatic hydroxyl groups is 1. The Balaban J connectivity index is 1.64. The number of aliphatic carboxylic acids is 1. The second-order valence-corrected chi connectivity index (χ2v) is 10.4. The number of nitrogens with one attached hydrogen (secondary N) is 4. The van der Waals surface area contributed by atoms with Crippen LogP contribution in [0.25, 0.3) is 10.9 Å². The first-order valence-corrected chi connectivity index (χ1v) is 14.3. The van der Waals surface area contributed by atoms with Gasteiger partial charge in [0, 0.05) is 29.3 Å². The summed E-state index contributed by atoms with van der Waals surface area (Å²) in [5, 5.41) is 27.9. The van der Waals surface area contributed by atoms with Crippen molar-refractivity contribution in [1.82, 2.24) is 20.9 Å². The lowest BCUT2D eigenvalue weighted by atomic mass is 10.0. The fourth-order valence-electron chi connectivity index (χ4n) is 4.48. The van der Waals surface area contributed by atoms with E-state index in [4.69, 9.17) is 11.5 Å². The normalized spacial score (nSPS) is 14.0. The third kappa shape index (κ3) is 9.23. The van der Waals surface area contributed by atoms with E-state index in [9.17, 15) is 29.4 Å². The molecule has 0 spiro atoms. The topological polar surface area (TPSA) is 213 Å². The molecule has 4 unspecified atom stereocenters. The van der Waals surface area contributed by atoms with E-state index in [0.717, 1.165) is 16.5 Å². The molecule has 0 aliphatic heterocycles. The number of hydrogen-bond donors (Lipinski definition) is 9. The van der Waals surface area contributed by atoms with Gasteiger partial charge in [-0.2, -0.15) is 12.6 Å². The van der Waals surface area contributed by atoms with Gasteiger partial charge in [-0.15, -0.1) is 0 Å². The van der Waals surface area contributed by atoms with E-state index in [1.807, 2.05) is 24.3 Å². The van der Waals surface area contributed by atoms with Crippen molar-refractivity contribution in [2.75, 3.05) is 12.3 Å². The molecule has 0 bridgehead atoms. The number of carboxylic acids is 1. The highest BCUT2D eigenvalue weighted by Gasteiger charge is 2.30. The van der Waals surface area contributed by atoms with Crippen molar-refractivity contribution < 1.29 is 29.4 Å². The molecule has 12 nitrogen and oxygen atoms in total. The summed E-state index contributed by atoms with van der Waals surface area (Å²) in [4.78, 5) is 54.2. The average molecular weight is 599 g/mol. The fourth-order valence-corrected chi connectivity index (χ4v) is 4.73. The number of phenols is 1. The quantitative estimate of drug-likeness (QED) is 0.0838. The number of thiol groups is 1. The molecule has 1 aromatic heterocycles. The van der Waals surface area contributed by atoms with Crippen LogP contribution in [-0.2, 0) is 32.0 Å². The van der Waals surface area contributed by atoms with Gasteiger partial charge in [-0.25, -0.2) is 4.79 Å². The molecule has 13 heteroatoms. The van der Waals surface area contributed by atoms with Crippen molar-refractivity contribution in [2.24, 2.45) is 11.5 Å². The van der Waals surface area contributed by atoms with Gasteiger partial charge in [0.2, 0.25) is 17.7 Å². The number of amides is 3. The number of aromatic nitrogens is 1. The molecule has 3 aromatic rings. The minimum absolute atomic E-state index is 0.0297. The number of para-hydroxylation sites is 1. The van der Waals surface area contributed by atoms with Crippen LogP contribution in [0.3, 0.4) is 0 Å². The Kier molecular flexibility index (Phi) is 12.2. The highest BCUT2D eigenvalue weighted by molar-refractivity contribution is 7.80. The van der Waals surface area contributed by atoms with E-state index < -0.39 is 47.9 Å². The fraction of sp³-hybridized carbons (Fsp3) is 0.379. The highest BCUT2D eigenvalue weighted by atomic mass is 32.1. The van der Waals surface area contributed by atoms with Crippen molar-refractivity contribution in [3.63, 3.8) is 0 Å². The van der Waals surface area contributed by atoms with Crippen molar-refractivity contribution >= 4 is 47.2 Å². The van der Waals surface area contributed by atoms with Crippen LogP contribution in [0, 0.1) is 0 Å². The van der Waals surface area contributed by atoms with E-state index in [-0.39, 0.29) is 30.8 Å². The number of H-pyrrole nitrogens is 1. The Labute approximate surface area is 249 Å². The van der Waals surface area contributed by atoms with Crippen molar-refractivity contribution in [2.45, 2.75) is 56.3 Å². The minimum atomic E-state index is -1.28. The lowest BCUT2D eigenvalue weighted by molar-refractivity contribution is -0.142. The maximum absolute atomic E-state index is 13.2. The maximum Gasteiger partial charge on any atom is 0.326 e. The van der Waals surface area contributed by atoms with Gasteiger partial charge in [0.15, 0.2) is 0 Å². The van der Waals surface area contributed by atoms with Gasteiger partial charge in [-0.1, -0.05) is 30.3 Å². The SMILES string of the molecule is NCCCCC(NC(=O)C(CS)NC(=O)C(N)Cc1c[nH]c2ccccc12)C(=O)NC(Cc1ccc(O)cc1)C(=O)O. The molecule has 10 N–H and O–H groups in total. The number of aromatic amines is 1. The minimum Gasteiger partial charge on any atom is -0.508 e. The Morgan fingerprint density at radius 1 is 0.857 bits per heavy atom. The van der Waals surface area contributed by atoms with Crippen LogP contribution >= 0.6 is 12.6 Å². The zero-order chi connectivity index (χ0) is 30.6. The van der Waals surface area contributed by atoms with Gasteiger partial charge in [-0.3, -0.25) is 14.4 Å². The van der Waals surface area contributed by atoms with Crippen LogP contribution in [0.15, 0.2) is 54.7 Å². The summed E-state index contributed by atoms with van der Waals surface area (Å²) in [7, 11) is 0. The molecule has 0 saturated carbocycles. The van der Waals surface area contributed by atoms with Gasteiger partial charge in [0.1, 0.15) is 23.9 Å². The lowest BCUT2D eigenvalue weighted by Crippen LogP contribution is -2.58. The molecular weight excluding hydrogens is 560 g/mol. The Morgan fingerprint density at radius 2 is 1.50 bits per heavy atom. The number of carbonyl (C=O) groups is 4. The average Bonchev–Trinajstić information content (AvgIpc) is 3.38. The summed E-state index contributed by atoms with van der Waals surface area (Å²) in [6.07, 6.45) is 3.28. The Hall–Kier alpha value is -4.07. The van der Waals surface area contributed by atoms with Gasteiger partial charge in [-0.05, 0) is 61.6 Å². The number of fused-ring (bicyclic) bond motifs is 1. The maximum atomic E-state index is 13.2. The number of unbranched alkanes of at least 4 members (excludes halogenated alkanes) is 1. The zero-order valence-electron chi connectivity index (χ0n) is 23.1. The molecule has 3 rings (SSSR count). The standard InChI is InChI=1S/C29H38N6O6S/c30-12-4-3-7-23(27(38)34-24(29(40)41)13-17-8-10-19(36)11-9-17)33-28(39)25(16-42)35-26(37)21(31)14-18-15-32-22-6-2-1-5-20(18)22/h1-2,5-6,8-11,15,21,23-25,32,36,42H,3-4,7,12-14,16,30-31H2,(H,33,39)(H,34,38)(H,35,37)(H,40,41). The number of nitrogens with two attached hydrogens (primary N) is 2. The number of phenolic OH excluding ortho intramolecular Hbond substituents is 1. The third-order valence-corrected chi connectivity index (χ3v) is 7.20. The van der Waals surface area contributed by atoms with Crippen LogP contribution in [0.5, 0.6) is 5.75 Å². The van der Waals surface area contributed by atoms with E-state index in [1.165, 1.54) is 12.1 Å². The summed E-state index contributed by atoms with van der Waals surface area (Å²) in [6.45, 7) is 0.379. The molecule has 1 heterocycles. The summed E-state index contributed by atoms with van der Waals surface area (Å²) < 4.78 is 0. The largest absolute Gasteiger partial charge is 0.508 e. The van der Waals surface area contributed by atoms with E-state index in [2.05, 4.69) is 33.6 Å². The first-order valence-electron chi connectivity index (χ1n) is 13.7. The van der Waals surface area contributed by atoms with Crippen LogP contribution < -0.4 is 27.4 Å². The van der Waals surface area contributed by atoms with Gasteiger partial charge in [0.05, 0.1) is 6.04 Å². The van der Waals surface area contributed by atoms with Crippen molar-refractivity contribution in [1.29, 1.82) is 0 Å². The van der Waals surface area contributed by atoms with Crippen LogP contribution in [0.2, 0.25) is 0 Å². The first kappa shape index (κ1) is 32.4. The van der Waals surface area contributed by atoms with Crippen molar-refractivity contribution in [3.8, 4) is 5.75 Å². The van der Waals surface area contributed by atoms with E-state index in [0.29, 0.717) is 24.9 Å². The van der Waals surface area contributed by atoms with E-state index in [1.54, 1.807) is 18.3 Å². The molecule has 0 aliphatic rings. The molecule has 42 heavy (non-hydrogen) atoms. The molecule has 4 atom stereocenters. The number of carbonyl (C=O) groups excluding carboxylic acids is 3.